The highest BCUT2D eigenvalue weighted by molar-refractivity contribution is 7.89. The molecule has 154 valence electrons. The molecule has 2 amide bonds. The summed E-state index contributed by atoms with van der Waals surface area (Å²) in [5.41, 5.74) is 0.909. The van der Waals surface area contributed by atoms with E-state index >= 15 is 0 Å². The van der Waals surface area contributed by atoms with Crippen molar-refractivity contribution >= 4 is 27.8 Å². The minimum Gasteiger partial charge on any atom is -0.454 e. The van der Waals surface area contributed by atoms with Crippen molar-refractivity contribution < 1.29 is 27.5 Å². The number of imide groups is 1. The fourth-order valence-corrected chi connectivity index (χ4v) is 4.06. The number of carbonyl (C=O) groups is 3. The van der Waals surface area contributed by atoms with E-state index in [-0.39, 0.29) is 23.1 Å². The zero-order valence-corrected chi connectivity index (χ0v) is 17.1. The van der Waals surface area contributed by atoms with Crippen molar-refractivity contribution in [1.29, 1.82) is 0 Å². The predicted molar refractivity (Wildman–Crippen MR) is 102 cm³/mol. The molecule has 0 aromatic heterocycles. The number of ether oxygens (including phenoxy) is 1. The molecule has 8 nitrogen and oxygen atoms in total. The van der Waals surface area contributed by atoms with Gasteiger partial charge in [0.05, 0.1) is 4.90 Å². The molecule has 0 unspecified atom stereocenters. The van der Waals surface area contributed by atoms with Crippen LogP contribution in [-0.2, 0) is 29.1 Å². The van der Waals surface area contributed by atoms with Crippen molar-refractivity contribution in [2.75, 3.05) is 13.2 Å². The summed E-state index contributed by atoms with van der Waals surface area (Å²) in [6.45, 7) is 5.24. The van der Waals surface area contributed by atoms with Crippen molar-refractivity contribution in [3.8, 4) is 0 Å². The Morgan fingerprint density at radius 3 is 2.39 bits per heavy atom. The zero-order valence-electron chi connectivity index (χ0n) is 16.3. The lowest BCUT2D eigenvalue weighted by Gasteiger charge is -2.20. The van der Waals surface area contributed by atoms with Crippen molar-refractivity contribution in [1.82, 2.24) is 9.62 Å². The van der Waals surface area contributed by atoms with Gasteiger partial charge >= 0.3 is 5.97 Å². The van der Waals surface area contributed by atoms with E-state index in [1.54, 1.807) is 12.1 Å². The third kappa shape index (κ3) is 5.87. The third-order valence-corrected chi connectivity index (χ3v) is 5.82. The third-order valence-electron chi connectivity index (χ3n) is 4.33. The molecule has 1 fully saturated rings. The summed E-state index contributed by atoms with van der Waals surface area (Å²) in [7, 11) is -3.93. The van der Waals surface area contributed by atoms with E-state index in [9.17, 15) is 22.8 Å². The normalized spacial score (nSPS) is 15.7. The Morgan fingerprint density at radius 2 is 1.86 bits per heavy atom. The molecule has 0 bridgehead atoms. The van der Waals surface area contributed by atoms with Gasteiger partial charge in [-0.1, -0.05) is 31.5 Å². The first-order valence-corrected chi connectivity index (χ1v) is 10.7. The van der Waals surface area contributed by atoms with Crippen molar-refractivity contribution in [3.05, 3.63) is 29.8 Å². The molecule has 1 aliphatic rings. The number of hydrogen-bond donors (Lipinski definition) is 1. The number of benzene rings is 1. The number of nitrogens with zero attached hydrogens (tertiary/aromatic N) is 1. The first-order valence-electron chi connectivity index (χ1n) is 9.19. The average Bonchev–Trinajstić information content (AvgIpc) is 3.04. The number of carbonyl (C=O) groups excluding carboxylic acids is 3. The molecule has 0 radical (unpaired) electrons. The van der Waals surface area contributed by atoms with Gasteiger partial charge in [-0.05, 0) is 37.8 Å². The van der Waals surface area contributed by atoms with E-state index in [1.807, 2.05) is 20.8 Å². The number of nitrogens with one attached hydrogen (secondary N) is 1. The lowest BCUT2D eigenvalue weighted by molar-refractivity contribution is -0.156. The van der Waals surface area contributed by atoms with Crippen molar-refractivity contribution in [3.63, 3.8) is 0 Å². The largest absolute Gasteiger partial charge is 0.454 e. The topological polar surface area (TPSA) is 110 Å². The Labute approximate surface area is 165 Å². The molecule has 0 spiro atoms. The predicted octanol–water partition coefficient (Wildman–Crippen LogP) is 1.38. The maximum absolute atomic E-state index is 12.6. The van der Waals surface area contributed by atoms with Crippen LogP contribution in [0.25, 0.3) is 0 Å². The molecule has 1 saturated heterocycles. The van der Waals surface area contributed by atoms with Gasteiger partial charge in [-0.3, -0.25) is 19.3 Å². The van der Waals surface area contributed by atoms with Gasteiger partial charge in [0.2, 0.25) is 15.9 Å². The maximum atomic E-state index is 12.6. The van der Waals surface area contributed by atoms with Gasteiger partial charge in [-0.15, -0.1) is 0 Å². The maximum Gasteiger partial charge on any atom is 0.324 e. The van der Waals surface area contributed by atoms with Crippen LogP contribution in [0.1, 0.15) is 38.7 Å². The first-order chi connectivity index (χ1) is 13.1. The standard InChI is InChI=1S/C19H26N2O6S/c1-13(2)11-16(20-28(25,26)15-8-6-14(3)7-9-15)19(24)27-12-18(23)21-10-4-5-17(21)22/h6-9,13,16,20H,4-5,10-12H2,1-3H3/t16-/m0/s1. The van der Waals surface area contributed by atoms with Crippen LogP contribution in [0.5, 0.6) is 0 Å². The quantitative estimate of drug-likeness (QED) is 0.649. The second-order valence-corrected chi connectivity index (χ2v) is 8.98. The smallest absolute Gasteiger partial charge is 0.324 e. The van der Waals surface area contributed by atoms with Gasteiger partial charge in [-0.2, -0.15) is 4.72 Å². The molecule has 0 saturated carbocycles. The van der Waals surface area contributed by atoms with E-state index in [4.69, 9.17) is 4.74 Å². The van der Waals surface area contributed by atoms with Gasteiger partial charge in [0.15, 0.2) is 6.61 Å². The van der Waals surface area contributed by atoms with Gasteiger partial charge in [0, 0.05) is 13.0 Å². The summed E-state index contributed by atoms with van der Waals surface area (Å²) < 4.78 is 32.6. The molecule has 1 aliphatic heterocycles. The van der Waals surface area contributed by atoms with Gasteiger partial charge in [-0.25, -0.2) is 8.42 Å². The van der Waals surface area contributed by atoms with Gasteiger partial charge in [0.1, 0.15) is 6.04 Å². The fourth-order valence-electron chi connectivity index (χ4n) is 2.86. The van der Waals surface area contributed by atoms with Crippen LogP contribution in [0.4, 0.5) is 0 Å². The minimum absolute atomic E-state index is 0.00845. The molecule has 1 heterocycles. The zero-order chi connectivity index (χ0) is 20.9. The molecule has 28 heavy (non-hydrogen) atoms. The number of likely N-dealkylation sites (tertiary alicyclic amines) is 1. The molecule has 1 aromatic carbocycles. The van der Waals surface area contributed by atoms with E-state index in [2.05, 4.69) is 4.72 Å². The van der Waals surface area contributed by atoms with Crippen LogP contribution < -0.4 is 4.72 Å². The number of esters is 1. The molecule has 0 aliphatic carbocycles. The summed E-state index contributed by atoms with van der Waals surface area (Å²) >= 11 is 0. The Balaban J connectivity index is 2.05. The number of rotatable bonds is 8. The SMILES string of the molecule is Cc1ccc(S(=O)(=O)N[C@@H](CC(C)C)C(=O)OCC(=O)N2CCCC2=O)cc1. The summed E-state index contributed by atoms with van der Waals surface area (Å²) in [5.74, 6) is -1.72. The van der Waals surface area contributed by atoms with Crippen molar-refractivity contribution in [2.45, 2.75) is 51.0 Å². The summed E-state index contributed by atoms with van der Waals surface area (Å²) in [4.78, 5) is 37.1. The second kappa shape index (κ2) is 9.29. The highest BCUT2D eigenvalue weighted by atomic mass is 32.2. The number of sulfonamides is 1. The molecular formula is C19H26N2O6S. The highest BCUT2D eigenvalue weighted by Gasteiger charge is 2.30. The van der Waals surface area contributed by atoms with Gasteiger partial charge in [0.25, 0.3) is 5.91 Å². The number of aryl methyl sites for hydroxylation is 1. The van der Waals surface area contributed by atoms with Crippen LogP contribution in [0.3, 0.4) is 0 Å². The van der Waals surface area contributed by atoms with Crippen LogP contribution in [-0.4, -0.2) is 50.3 Å². The van der Waals surface area contributed by atoms with Crippen molar-refractivity contribution in [2.24, 2.45) is 5.92 Å². The van der Waals surface area contributed by atoms with Crippen LogP contribution in [0.2, 0.25) is 0 Å². The Hall–Kier alpha value is -2.26. The fraction of sp³-hybridized carbons (Fsp3) is 0.526. The van der Waals surface area contributed by atoms with Crippen LogP contribution >= 0.6 is 0 Å². The molecule has 1 aromatic rings. The Morgan fingerprint density at radius 1 is 1.21 bits per heavy atom. The Bertz CT molecular complexity index is 832. The van der Waals surface area contributed by atoms with Crippen LogP contribution in [0.15, 0.2) is 29.2 Å². The molecular weight excluding hydrogens is 384 g/mol. The summed E-state index contributed by atoms with van der Waals surface area (Å²) in [5, 5.41) is 0. The molecule has 9 heteroatoms. The molecule has 1 atom stereocenters. The summed E-state index contributed by atoms with van der Waals surface area (Å²) in [6.07, 6.45) is 1.09. The lowest BCUT2D eigenvalue weighted by atomic mass is 10.1. The monoisotopic (exact) mass is 410 g/mol. The number of amides is 2. The number of hydrogen-bond acceptors (Lipinski definition) is 6. The first kappa shape index (κ1) is 22.0. The van der Waals surface area contributed by atoms with E-state index in [0.29, 0.717) is 19.4 Å². The Kier molecular flexibility index (Phi) is 7.31. The average molecular weight is 410 g/mol. The summed E-state index contributed by atoms with van der Waals surface area (Å²) in [6, 6.07) is 5.11. The highest BCUT2D eigenvalue weighted by Crippen LogP contribution is 2.15. The van der Waals surface area contributed by atoms with Crippen LogP contribution in [0, 0.1) is 12.8 Å². The molecule has 2 rings (SSSR count). The lowest BCUT2D eigenvalue weighted by Crippen LogP contribution is -2.44. The van der Waals surface area contributed by atoms with Gasteiger partial charge < -0.3 is 4.74 Å². The second-order valence-electron chi connectivity index (χ2n) is 7.27. The minimum atomic E-state index is -3.93. The van der Waals surface area contributed by atoms with E-state index in [0.717, 1.165) is 10.5 Å². The van der Waals surface area contributed by atoms with E-state index < -0.39 is 34.5 Å². The molecule has 1 N–H and O–H groups in total. The van der Waals surface area contributed by atoms with E-state index in [1.165, 1.54) is 12.1 Å².